The van der Waals surface area contributed by atoms with Gasteiger partial charge in [-0.05, 0) is 35.4 Å². The molecule has 0 saturated carbocycles. The number of amides is 1. The molecule has 158 valence electrons. The summed E-state index contributed by atoms with van der Waals surface area (Å²) in [5, 5.41) is 13.0. The molecule has 3 aromatic rings. The molecule has 0 saturated heterocycles. The van der Waals surface area contributed by atoms with Crippen molar-refractivity contribution in [3.05, 3.63) is 95.1 Å². The molecule has 1 amide bonds. The van der Waals surface area contributed by atoms with Crippen LogP contribution in [0.25, 0.3) is 0 Å². The molecule has 3 aromatic carbocycles. The molecule has 0 spiro atoms. The average molecular weight is 418 g/mol. The van der Waals surface area contributed by atoms with E-state index in [1.54, 1.807) is 30.3 Å². The fourth-order valence-electron chi connectivity index (χ4n) is 2.84. The summed E-state index contributed by atoms with van der Waals surface area (Å²) in [5.74, 6) is -0.230. The number of methoxy groups -OCH3 is 1. The van der Waals surface area contributed by atoms with Crippen molar-refractivity contribution in [2.24, 2.45) is 5.10 Å². The van der Waals surface area contributed by atoms with Crippen LogP contribution in [-0.4, -0.2) is 30.3 Å². The van der Waals surface area contributed by atoms with E-state index in [1.165, 1.54) is 25.5 Å². The Bertz CT molecular complexity index is 1060. The van der Waals surface area contributed by atoms with E-state index in [2.05, 4.69) is 10.5 Å². The first kappa shape index (κ1) is 21.6. The number of rotatable bonds is 9. The van der Waals surface area contributed by atoms with Crippen LogP contribution in [0, 0.1) is 0 Å². The van der Waals surface area contributed by atoms with Gasteiger partial charge in [-0.3, -0.25) is 4.79 Å². The van der Waals surface area contributed by atoms with Gasteiger partial charge < -0.3 is 14.6 Å². The molecule has 7 heteroatoms. The number of carboxylic acids is 1. The molecule has 2 N–H and O–H groups in total. The maximum absolute atomic E-state index is 12.1. The van der Waals surface area contributed by atoms with Gasteiger partial charge in [-0.1, -0.05) is 48.5 Å². The standard InChI is InChI=1S/C24H22N2O5/c1-30-21-9-5-8-20(15-25-26-22(27)14-17-6-3-2-4-7-17)23(21)31-16-18-10-12-19(13-11-18)24(28)29/h2-13,15H,14,16H2,1H3,(H,26,27)(H,28,29)/b25-15-. The number of hydrogen-bond donors (Lipinski definition) is 2. The fraction of sp³-hybridized carbons (Fsp3) is 0.125. The first-order chi connectivity index (χ1) is 15.1. The van der Waals surface area contributed by atoms with Gasteiger partial charge in [0.2, 0.25) is 5.91 Å². The van der Waals surface area contributed by atoms with Gasteiger partial charge in [-0.2, -0.15) is 5.10 Å². The number of carbonyl (C=O) groups is 2. The van der Waals surface area contributed by atoms with Crippen molar-refractivity contribution in [3.63, 3.8) is 0 Å². The van der Waals surface area contributed by atoms with Gasteiger partial charge in [0.05, 0.1) is 25.3 Å². The third-order valence-corrected chi connectivity index (χ3v) is 4.41. The Morgan fingerprint density at radius 3 is 2.39 bits per heavy atom. The lowest BCUT2D eigenvalue weighted by atomic mass is 10.1. The minimum Gasteiger partial charge on any atom is -0.493 e. The molecule has 0 aliphatic carbocycles. The van der Waals surface area contributed by atoms with Crippen molar-refractivity contribution in [2.75, 3.05) is 7.11 Å². The highest BCUT2D eigenvalue weighted by atomic mass is 16.5. The van der Waals surface area contributed by atoms with Crippen LogP contribution in [0.3, 0.4) is 0 Å². The number of nitrogens with zero attached hydrogens (tertiary/aromatic N) is 1. The third-order valence-electron chi connectivity index (χ3n) is 4.41. The van der Waals surface area contributed by atoms with E-state index in [0.717, 1.165) is 11.1 Å². The smallest absolute Gasteiger partial charge is 0.335 e. The molecule has 0 aliphatic heterocycles. The van der Waals surface area contributed by atoms with Crippen molar-refractivity contribution in [3.8, 4) is 11.5 Å². The number of hydrogen-bond acceptors (Lipinski definition) is 5. The van der Waals surface area contributed by atoms with Crippen molar-refractivity contribution in [1.82, 2.24) is 5.43 Å². The van der Waals surface area contributed by atoms with Gasteiger partial charge in [0.15, 0.2) is 11.5 Å². The summed E-state index contributed by atoms with van der Waals surface area (Å²) >= 11 is 0. The maximum Gasteiger partial charge on any atom is 0.335 e. The molecule has 0 fully saturated rings. The molecule has 0 bridgehead atoms. The Morgan fingerprint density at radius 1 is 0.968 bits per heavy atom. The van der Waals surface area contributed by atoms with Crippen LogP contribution in [0.15, 0.2) is 77.9 Å². The molecule has 0 atom stereocenters. The molecule has 0 heterocycles. The second kappa shape index (κ2) is 10.6. The third kappa shape index (κ3) is 6.17. The maximum atomic E-state index is 12.1. The van der Waals surface area contributed by atoms with Crippen LogP contribution in [-0.2, 0) is 17.8 Å². The Hall–Kier alpha value is -4.13. The lowest BCUT2D eigenvalue weighted by Gasteiger charge is -2.13. The first-order valence-corrected chi connectivity index (χ1v) is 9.54. The lowest BCUT2D eigenvalue weighted by molar-refractivity contribution is -0.120. The summed E-state index contributed by atoms with van der Waals surface area (Å²) in [4.78, 5) is 23.1. The molecule has 0 aromatic heterocycles. The Balaban J connectivity index is 1.67. The summed E-state index contributed by atoms with van der Waals surface area (Å²) in [6.45, 7) is 0.210. The predicted octanol–water partition coefficient (Wildman–Crippen LogP) is 3.67. The summed E-state index contributed by atoms with van der Waals surface area (Å²) < 4.78 is 11.3. The van der Waals surface area contributed by atoms with Gasteiger partial charge in [0.1, 0.15) is 6.61 Å². The number of nitrogens with one attached hydrogen (secondary N) is 1. The summed E-state index contributed by atoms with van der Waals surface area (Å²) in [6, 6.07) is 21.2. The zero-order valence-corrected chi connectivity index (χ0v) is 16.9. The van der Waals surface area contributed by atoms with Gasteiger partial charge >= 0.3 is 5.97 Å². The fourth-order valence-corrected chi connectivity index (χ4v) is 2.84. The SMILES string of the molecule is COc1cccc(/C=N\NC(=O)Cc2ccccc2)c1OCc1ccc(C(=O)O)cc1. The van der Waals surface area contributed by atoms with Crippen LogP contribution >= 0.6 is 0 Å². The van der Waals surface area contributed by atoms with Gasteiger partial charge in [-0.15, -0.1) is 0 Å². The van der Waals surface area contributed by atoms with E-state index < -0.39 is 5.97 Å². The highest BCUT2D eigenvalue weighted by molar-refractivity contribution is 5.88. The lowest BCUT2D eigenvalue weighted by Crippen LogP contribution is -2.19. The Morgan fingerprint density at radius 2 is 1.71 bits per heavy atom. The van der Waals surface area contributed by atoms with Crippen molar-refractivity contribution in [1.29, 1.82) is 0 Å². The summed E-state index contributed by atoms with van der Waals surface area (Å²) in [6.07, 6.45) is 1.72. The number of para-hydroxylation sites is 1. The Kier molecular flexibility index (Phi) is 7.37. The number of aromatic carboxylic acids is 1. The zero-order chi connectivity index (χ0) is 22.1. The second-order valence-electron chi connectivity index (χ2n) is 6.62. The number of ether oxygens (including phenoxy) is 2. The normalized spacial score (nSPS) is 10.6. The molecule has 0 unspecified atom stereocenters. The van der Waals surface area contributed by atoms with Crippen molar-refractivity contribution < 1.29 is 24.2 Å². The van der Waals surface area contributed by atoms with Crippen molar-refractivity contribution in [2.45, 2.75) is 13.0 Å². The minimum absolute atomic E-state index is 0.208. The van der Waals surface area contributed by atoms with E-state index in [0.29, 0.717) is 17.1 Å². The van der Waals surface area contributed by atoms with Crippen LogP contribution in [0.2, 0.25) is 0 Å². The number of carboxylic acid groups (broad SMARTS) is 1. The highest BCUT2D eigenvalue weighted by Crippen LogP contribution is 2.30. The topological polar surface area (TPSA) is 97.2 Å². The van der Waals surface area contributed by atoms with E-state index in [4.69, 9.17) is 14.6 Å². The predicted molar refractivity (Wildman–Crippen MR) is 117 cm³/mol. The molecule has 3 rings (SSSR count). The molecular formula is C24H22N2O5. The average Bonchev–Trinajstić information content (AvgIpc) is 2.79. The number of hydrazone groups is 1. The summed E-state index contributed by atoms with van der Waals surface area (Å²) in [5.41, 5.74) is 5.05. The molecule has 31 heavy (non-hydrogen) atoms. The van der Waals surface area contributed by atoms with Crippen LogP contribution in [0.1, 0.15) is 27.0 Å². The first-order valence-electron chi connectivity index (χ1n) is 9.54. The monoisotopic (exact) mass is 418 g/mol. The molecule has 0 radical (unpaired) electrons. The molecular weight excluding hydrogens is 396 g/mol. The summed E-state index contributed by atoms with van der Waals surface area (Å²) in [7, 11) is 1.53. The second-order valence-corrected chi connectivity index (χ2v) is 6.62. The van der Waals surface area contributed by atoms with Gasteiger partial charge in [-0.25, -0.2) is 10.2 Å². The van der Waals surface area contributed by atoms with E-state index in [-0.39, 0.29) is 24.5 Å². The largest absolute Gasteiger partial charge is 0.493 e. The molecule has 0 aliphatic rings. The van der Waals surface area contributed by atoms with Crippen LogP contribution < -0.4 is 14.9 Å². The van der Waals surface area contributed by atoms with E-state index >= 15 is 0 Å². The minimum atomic E-state index is -0.981. The Labute approximate surface area is 179 Å². The van der Waals surface area contributed by atoms with Crippen LogP contribution in [0.4, 0.5) is 0 Å². The number of carbonyl (C=O) groups excluding carboxylic acids is 1. The van der Waals surface area contributed by atoms with Crippen molar-refractivity contribution >= 4 is 18.1 Å². The highest BCUT2D eigenvalue weighted by Gasteiger charge is 2.10. The quantitative estimate of drug-likeness (QED) is 0.408. The zero-order valence-electron chi connectivity index (χ0n) is 16.9. The van der Waals surface area contributed by atoms with E-state index in [9.17, 15) is 9.59 Å². The van der Waals surface area contributed by atoms with Gasteiger partial charge in [0, 0.05) is 5.56 Å². The van der Waals surface area contributed by atoms with Gasteiger partial charge in [0.25, 0.3) is 0 Å². The van der Waals surface area contributed by atoms with Crippen LogP contribution in [0.5, 0.6) is 11.5 Å². The molecule has 7 nitrogen and oxygen atoms in total. The number of benzene rings is 3. The van der Waals surface area contributed by atoms with E-state index in [1.807, 2.05) is 30.3 Å².